The van der Waals surface area contributed by atoms with Gasteiger partial charge in [0.15, 0.2) is 0 Å². The Morgan fingerprint density at radius 2 is 1.95 bits per heavy atom. The van der Waals surface area contributed by atoms with Gasteiger partial charge in [-0.25, -0.2) is 4.39 Å². The van der Waals surface area contributed by atoms with Crippen molar-refractivity contribution in [3.05, 3.63) is 64.4 Å². The van der Waals surface area contributed by atoms with Gasteiger partial charge in [0.2, 0.25) is 0 Å². The van der Waals surface area contributed by atoms with Gasteiger partial charge < -0.3 is 15.2 Å². The van der Waals surface area contributed by atoms with Crippen LogP contribution in [-0.4, -0.2) is 24.4 Å². The number of halogens is 2. The number of hydrogen-bond acceptors (Lipinski definition) is 3. The number of anilines is 1. The molecule has 0 radical (unpaired) electrons. The van der Waals surface area contributed by atoms with E-state index in [2.05, 4.69) is 21.2 Å². The van der Waals surface area contributed by atoms with Crippen molar-refractivity contribution in [1.29, 1.82) is 0 Å². The summed E-state index contributed by atoms with van der Waals surface area (Å²) in [5.41, 5.74) is 1.41. The molecule has 0 aromatic heterocycles. The van der Waals surface area contributed by atoms with E-state index < -0.39 is 6.10 Å². The van der Waals surface area contributed by atoms with Crippen LogP contribution >= 0.6 is 15.9 Å². The molecule has 0 bridgehead atoms. The summed E-state index contributed by atoms with van der Waals surface area (Å²) < 4.78 is 19.7. The van der Waals surface area contributed by atoms with Crippen molar-refractivity contribution in [3.63, 3.8) is 0 Å². The molecule has 2 rings (SSSR count). The summed E-state index contributed by atoms with van der Waals surface area (Å²) in [5.74, 6) is -0.359. The highest BCUT2D eigenvalue weighted by atomic mass is 79.9. The first-order valence-corrected chi connectivity index (χ1v) is 7.43. The smallest absolute Gasteiger partial charge is 0.147 e. The van der Waals surface area contributed by atoms with E-state index in [1.54, 1.807) is 12.1 Å². The van der Waals surface area contributed by atoms with Gasteiger partial charge in [-0.2, -0.15) is 0 Å². The van der Waals surface area contributed by atoms with Gasteiger partial charge in [-0.05, 0) is 23.8 Å². The summed E-state index contributed by atoms with van der Waals surface area (Å²) in [4.78, 5) is 0. The lowest BCUT2D eigenvalue weighted by Gasteiger charge is -2.14. The number of benzene rings is 2. The van der Waals surface area contributed by atoms with Crippen LogP contribution in [0.5, 0.6) is 0 Å². The topological polar surface area (TPSA) is 41.5 Å². The predicted octanol–water partition coefficient (Wildman–Crippen LogP) is 3.58. The lowest BCUT2D eigenvalue weighted by Crippen LogP contribution is -2.25. The Labute approximate surface area is 131 Å². The number of hydrogen-bond donors (Lipinski definition) is 2. The third kappa shape index (κ3) is 5.46. The van der Waals surface area contributed by atoms with Crippen LogP contribution in [0.25, 0.3) is 0 Å². The zero-order chi connectivity index (χ0) is 15.1. The van der Waals surface area contributed by atoms with Gasteiger partial charge in [0, 0.05) is 11.0 Å². The fourth-order valence-corrected chi connectivity index (χ4v) is 2.14. The first-order valence-electron chi connectivity index (χ1n) is 6.64. The summed E-state index contributed by atoms with van der Waals surface area (Å²) in [5, 5.41) is 12.7. The zero-order valence-electron chi connectivity index (χ0n) is 11.4. The van der Waals surface area contributed by atoms with Crippen molar-refractivity contribution in [2.24, 2.45) is 0 Å². The van der Waals surface area contributed by atoms with Crippen LogP contribution in [0.1, 0.15) is 5.56 Å². The largest absolute Gasteiger partial charge is 0.389 e. The maximum Gasteiger partial charge on any atom is 0.147 e. The Bertz CT molecular complexity index is 565. The maximum atomic E-state index is 13.6. The van der Waals surface area contributed by atoms with Gasteiger partial charge >= 0.3 is 0 Å². The molecule has 2 aromatic rings. The van der Waals surface area contributed by atoms with Crippen LogP contribution < -0.4 is 5.32 Å². The van der Waals surface area contributed by atoms with Gasteiger partial charge in [0.25, 0.3) is 0 Å². The van der Waals surface area contributed by atoms with Crippen LogP contribution in [-0.2, 0) is 11.3 Å². The molecule has 3 nitrogen and oxygen atoms in total. The van der Waals surface area contributed by atoms with E-state index in [1.807, 2.05) is 30.3 Å². The van der Waals surface area contributed by atoms with Gasteiger partial charge in [0.05, 0.1) is 25.0 Å². The standard InChI is InChI=1S/C16H17BrFNO2/c17-13-6-7-16(15(18)8-13)19-9-14(20)11-21-10-12-4-2-1-3-5-12/h1-8,14,19-20H,9-11H2. The molecule has 21 heavy (non-hydrogen) atoms. The Hall–Kier alpha value is -1.43. The summed E-state index contributed by atoms with van der Waals surface area (Å²) in [6.45, 7) is 0.873. The van der Waals surface area contributed by atoms with Crippen molar-refractivity contribution in [1.82, 2.24) is 0 Å². The molecule has 0 saturated heterocycles. The quantitative estimate of drug-likeness (QED) is 0.799. The molecule has 0 aliphatic heterocycles. The Morgan fingerprint density at radius 3 is 2.67 bits per heavy atom. The lowest BCUT2D eigenvalue weighted by atomic mass is 10.2. The molecule has 1 atom stereocenters. The highest BCUT2D eigenvalue weighted by Gasteiger charge is 2.07. The number of rotatable bonds is 7. The molecule has 2 aromatic carbocycles. The number of aliphatic hydroxyl groups is 1. The van der Waals surface area contributed by atoms with Gasteiger partial charge in [-0.3, -0.25) is 0 Å². The van der Waals surface area contributed by atoms with Crippen LogP contribution in [0.15, 0.2) is 53.0 Å². The zero-order valence-corrected chi connectivity index (χ0v) is 13.0. The van der Waals surface area contributed by atoms with Gasteiger partial charge in [-0.1, -0.05) is 46.3 Å². The molecule has 0 spiro atoms. The Balaban J connectivity index is 1.71. The van der Waals surface area contributed by atoms with E-state index >= 15 is 0 Å². The molecule has 0 amide bonds. The van der Waals surface area contributed by atoms with Crippen LogP contribution in [0, 0.1) is 5.82 Å². The second-order valence-electron chi connectivity index (χ2n) is 4.66. The molecule has 5 heteroatoms. The van der Waals surface area contributed by atoms with E-state index in [0.29, 0.717) is 16.8 Å². The van der Waals surface area contributed by atoms with Crippen molar-refractivity contribution in [2.75, 3.05) is 18.5 Å². The fraction of sp³-hybridized carbons (Fsp3) is 0.250. The maximum absolute atomic E-state index is 13.6. The summed E-state index contributed by atoms with van der Waals surface area (Å²) in [7, 11) is 0. The van der Waals surface area contributed by atoms with Crippen LogP contribution in [0.4, 0.5) is 10.1 Å². The minimum atomic E-state index is -0.697. The minimum absolute atomic E-state index is 0.194. The fourth-order valence-electron chi connectivity index (χ4n) is 1.81. The highest BCUT2D eigenvalue weighted by Crippen LogP contribution is 2.19. The Morgan fingerprint density at radius 1 is 1.19 bits per heavy atom. The van der Waals surface area contributed by atoms with Crippen LogP contribution in [0.3, 0.4) is 0 Å². The third-order valence-electron chi connectivity index (χ3n) is 2.88. The first-order chi connectivity index (χ1) is 10.1. The minimum Gasteiger partial charge on any atom is -0.389 e. The first kappa shape index (κ1) is 15.9. The molecule has 0 aliphatic rings. The molecule has 0 saturated carbocycles. The molecule has 0 heterocycles. The summed E-state index contributed by atoms with van der Waals surface area (Å²) in [6, 6.07) is 14.5. The second-order valence-corrected chi connectivity index (χ2v) is 5.58. The van der Waals surface area contributed by atoms with E-state index in [0.717, 1.165) is 5.56 Å². The average molecular weight is 354 g/mol. The Kier molecular flexibility index (Phi) is 6.17. The summed E-state index contributed by atoms with van der Waals surface area (Å²) in [6.07, 6.45) is -0.697. The molecule has 0 fully saturated rings. The van der Waals surface area contributed by atoms with Crippen molar-refractivity contribution in [2.45, 2.75) is 12.7 Å². The van der Waals surface area contributed by atoms with Crippen LogP contribution in [0.2, 0.25) is 0 Å². The van der Waals surface area contributed by atoms with Gasteiger partial charge in [0.1, 0.15) is 5.82 Å². The normalized spacial score (nSPS) is 12.1. The monoisotopic (exact) mass is 353 g/mol. The van der Waals surface area contributed by atoms with E-state index in [1.165, 1.54) is 6.07 Å². The lowest BCUT2D eigenvalue weighted by molar-refractivity contribution is 0.0348. The van der Waals surface area contributed by atoms with E-state index in [9.17, 15) is 9.50 Å². The average Bonchev–Trinajstić information content (AvgIpc) is 2.47. The number of aliphatic hydroxyl groups excluding tert-OH is 1. The number of nitrogens with one attached hydrogen (secondary N) is 1. The molecule has 0 aliphatic carbocycles. The van der Waals surface area contributed by atoms with Crippen molar-refractivity contribution in [3.8, 4) is 0 Å². The van der Waals surface area contributed by atoms with Gasteiger partial charge in [-0.15, -0.1) is 0 Å². The van der Waals surface area contributed by atoms with Crippen molar-refractivity contribution < 1.29 is 14.2 Å². The molecular formula is C16H17BrFNO2. The number of ether oxygens (including phenoxy) is 1. The molecule has 2 N–H and O–H groups in total. The highest BCUT2D eigenvalue weighted by molar-refractivity contribution is 9.10. The SMILES string of the molecule is OC(CNc1ccc(Br)cc1F)COCc1ccccc1. The summed E-state index contributed by atoms with van der Waals surface area (Å²) >= 11 is 3.20. The van der Waals surface area contributed by atoms with E-state index in [-0.39, 0.29) is 19.0 Å². The predicted molar refractivity (Wildman–Crippen MR) is 84.7 cm³/mol. The van der Waals surface area contributed by atoms with Crippen molar-refractivity contribution >= 4 is 21.6 Å². The third-order valence-corrected chi connectivity index (χ3v) is 3.37. The molecular weight excluding hydrogens is 337 g/mol. The molecule has 112 valence electrons. The second kappa shape index (κ2) is 8.12. The molecule has 1 unspecified atom stereocenters. The van der Waals surface area contributed by atoms with E-state index in [4.69, 9.17) is 4.74 Å².